The van der Waals surface area contributed by atoms with E-state index < -0.39 is 0 Å². The molecule has 19 heavy (non-hydrogen) atoms. The second-order valence-corrected chi connectivity index (χ2v) is 5.95. The average molecular weight is 258 g/mol. The van der Waals surface area contributed by atoms with Gasteiger partial charge in [0, 0.05) is 5.56 Å². The topological polar surface area (TPSA) is 17.1 Å². The van der Waals surface area contributed by atoms with E-state index in [4.69, 9.17) is 0 Å². The zero-order chi connectivity index (χ0) is 13.5. The van der Waals surface area contributed by atoms with Crippen molar-refractivity contribution in [3.05, 3.63) is 35.4 Å². The number of carbonyl (C=O) groups excluding carboxylic acids is 1. The summed E-state index contributed by atoms with van der Waals surface area (Å²) in [6, 6.07) is 8.05. The van der Waals surface area contributed by atoms with Gasteiger partial charge in [0.1, 0.15) is 6.29 Å². The summed E-state index contributed by atoms with van der Waals surface area (Å²) in [4.78, 5) is 11.0. The van der Waals surface area contributed by atoms with E-state index in [1.165, 1.54) is 50.5 Å². The number of aldehydes is 1. The van der Waals surface area contributed by atoms with E-state index in [9.17, 15) is 4.79 Å². The van der Waals surface area contributed by atoms with E-state index in [1.54, 1.807) is 0 Å². The summed E-state index contributed by atoms with van der Waals surface area (Å²) in [5.74, 6) is 1.82. The number of hydrogen-bond donors (Lipinski definition) is 0. The largest absolute Gasteiger partial charge is 0.298 e. The highest BCUT2D eigenvalue weighted by molar-refractivity contribution is 5.77. The minimum absolute atomic E-state index is 0.880. The molecule has 2 atom stereocenters. The monoisotopic (exact) mass is 258 g/mol. The lowest BCUT2D eigenvalue weighted by Crippen LogP contribution is -2.20. The maximum atomic E-state index is 11.0. The third-order valence-electron chi connectivity index (χ3n) is 4.69. The van der Waals surface area contributed by atoms with Crippen LogP contribution in [0.1, 0.15) is 67.8 Å². The predicted molar refractivity (Wildman–Crippen MR) is 80.5 cm³/mol. The third kappa shape index (κ3) is 3.92. The van der Waals surface area contributed by atoms with E-state index in [0.29, 0.717) is 0 Å². The SMILES string of the molecule is CCCC1CCCCC1CCc1ccccc1C=O. The minimum atomic E-state index is 0.880. The Morgan fingerprint density at radius 3 is 2.47 bits per heavy atom. The lowest BCUT2D eigenvalue weighted by atomic mass is 9.74. The molecule has 104 valence electrons. The molecule has 0 N–H and O–H groups in total. The van der Waals surface area contributed by atoms with Gasteiger partial charge in [-0.1, -0.05) is 69.7 Å². The third-order valence-corrected chi connectivity index (χ3v) is 4.69. The molecule has 1 aromatic carbocycles. The number of hydrogen-bond acceptors (Lipinski definition) is 1. The zero-order valence-corrected chi connectivity index (χ0v) is 12.1. The lowest BCUT2D eigenvalue weighted by Gasteiger charge is -2.31. The molecule has 2 rings (SSSR count). The summed E-state index contributed by atoms with van der Waals surface area (Å²) in [6.45, 7) is 2.30. The minimum Gasteiger partial charge on any atom is -0.298 e. The fourth-order valence-corrected chi connectivity index (χ4v) is 3.63. The molecular formula is C18H26O. The van der Waals surface area contributed by atoms with Crippen LogP contribution in [-0.2, 0) is 6.42 Å². The Hall–Kier alpha value is -1.11. The summed E-state index contributed by atoms with van der Waals surface area (Å²) < 4.78 is 0. The van der Waals surface area contributed by atoms with Crippen LogP contribution < -0.4 is 0 Å². The molecule has 1 heteroatoms. The van der Waals surface area contributed by atoms with Crippen molar-refractivity contribution in [1.82, 2.24) is 0 Å². The first-order valence-corrected chi connectivity index (χ1v) is 7.88. The first-order chi connectivity index (χ1) is 9.35. The summed E-state index contributed by atoms with van der Waals surface area (Å²) in [5, 5.41) is 0. The molecule has 1 fully saturated rings. The molecule has 0 spiro atoms. The predicted octanol–water partition coefficient (Wildman–Crippen LogP) is 5.04. The van der Waals surface area contributed by atoms with Crippen molar-refractivity contribution in [2.24, 2.45) is 11.8 Å². The lowest BCUT2D eigenvalue weighted by molar-refractivity contribution is 0.112. The zero-order valence-electron chi connectivity index (χ0n) is 12.1. The second-order valence-electron chi connectivity index (χ2n) is 5.95. The first kappa shape index (κ1) is 14.3. The van der Waals surface area contributed by atoms with Crippen molar-refractivity contribution in [3.63, 3.8) is 0 Å². The van der Waals surface area contributed by atoms with Crippen LogP contribution in [0.5, 0.6) is 0 Å². The molecule has 0 heterocycles. The van der Waals surface area contributed by atoms with Crippen LogP contribution in [0.15, 0.2) is 24.3 Å². The fraction of sp³-hybridized carbons (Fsp3) is 0.611. The van der Waals surface area contributed by atoms with E-state index in [-0.39, 0.29) is 0 Å². The van der Waals surface area contributed by atoms with Crippen LogP contribution in [0.4, 0.5) is 0 Å². The van der Waals surface area contributed by atoms with Gasteiger partial charge in [0.2, 0.25) is 0 Å². The molecule has 0 bridgehead atoms. The molecule has 1 aliphatic rings. The van der Waals surface area contributed by atoms with Gasteiger partial charge in [-0.05, 0) is 30.2 Å². The number of rotatable bonds is 6. The van der Waals surface area contributed by atoms with E-state index >= 15 is 0 Å². The molecular weight excluding hydrogens is 232 g/mol. The van der Waals surface area contributed by atoms with E-state index in [2.05, 4.69) is 13.0 Å². The van der Waals surface area contributed by atoms with Gasteiger partial charge in [-0.25, -0.2) is 0 Å². The molecule has 1 aliphatic carbocycles. The van der Waals surface area contributed by atoms with Crippen molar-refractivity contribution in [2.75, 3.05) is 0 Å². The molecule has 0 radical (unpaired) electrons. The van der Waals surface area contributed by atoms with Gasteiger partial charge in [-0.2, -0.15) is 0 Å². The molecule has 2 unspecified atom stereocenters. The summed E-state index contributed by atoms with van der Waals surface area (Å²) in [6.07, 6.45) is 11.7. The van der Waals surface area contributed by atoms with Crippen LogP contribution in [0, 0.1) is 11.8 Å². The van der Waals surface area contributed by atoms with Crippen LogP contribution >= 0.6 is 0 Å². The molecule has 0 saturated heterocycles. The van der Waals surface area contributed by atoms with Gasteiger partial charge in [0.05, 0.1) is 0 Å². The smallest absolute Gasteiger partial charge is 0.150 e. The molecule has 0 aliphatic heterocycles. The van der Waals surface area contributed by atoms with Gasteiger partial charge < -0.3 is 0 Å². The Morgan fingerprint density at radius 2 is 1.79 bits per heavy atom. The standard InChI is InChI=1S/C18H26O/c1-2-7-15-8-3-4-9-16(15)12-13-17-10-5-6-11-18(17)14-19/h5-6,10-11,14-16H,2-4,7-9,12-13H2,1H3. The Balaban J connectivity index is 1.94. The van der Waals surface area contributed by atoms with Crippen LogP contribution in [0.2, 0.25) is 0 Å². The molecule has 0 aromatic heterocycles. The van der Waals surface area contributed by atoms with Gasteiger partial charge in [0.25, 0.3) is 0 Å². The molecule has 1 nitrogen and oxygen atoms in total. The Bertz CT molecular complexity index is 394. The average Bonchev–Trinajstić information content (AvgIpc) is 2.47. The van der Waals surface area contributed by atoms with Crippen molar-refractivity contribution in [1.29, 1.82) is 0 Å². The van der Waals surface area contributed by atoms with Gasteiger partial charge in [0.15, 0.2) is 0 Å². The number of aryl methyl sites for hydroxylation is 1. The molecule has 1 saturated carbocycles. The summed E-state index contributed by atoms with van der Waals surface area (Å²) in [7, 11) is 0. The number of benzene rings is 1. The molecule has 1 aromatic rings. The highest BCUT2D eigenvalue weighted by atomic mass is 16.1. The van der Waals surface area contributed by atoms with E-state index in [0.717, 1.165) is 30.1 Å². The van der Waals surface area contributed by atoms with Crippen molar-refractivity contribution in [3.8, 4) is 0 Å². The fourth-order valence-electron chi connectivity index (χ4n) is 3.63. The quantitative estimate of drug-likeness (QED) is 0.653. The normalized spacial score (nSPS) is 23.2. The highest BCUT2D eigenvalue weighted by Gasteiger charge is 2.24. The van der Waals surface area contributed by atoms with Gasteiger partial charge in [-0.3, -0.25) is 4.79 Å². The van der Waals surface area contributed by atoms with Gasteiger partial charge >= 0.3 is 0 Å². The summed E-state index contributed by atoms with van der Waals surface area (Å²) >= 11 is 0. The van der Waals surface area contributed by atoms with Crippen molar-refractivity contribution >= 4 is 6.29 Å². The van der Waals surface area contributed by atoms with Crippen LogP contribution in [-0.4, -0.2) is 6.29 Å². The Kier molecular flexibility index (Phi) is 5.62. The van der Waals surface area contributed by atoms with Crippen molar-refractivity contribution < 1.29 is 4.79 Å². The maximum Gasteiger partial charge on any atom is 0.150 e. The molecule has 0 amide bonds. The van der Waals surface area contributed by atoms with Crippen molar-refractivity contribution in [2.45, 2.75) is 58.3 Å². The number of carbonyl (C=O) groups is 1. The maximum absolute atomic E-state index is 11.0. The second kappa shape index (κ2) is 7.47. The summed E-state index contributed by atoms with van der Waals surface area (Å²) in [5.41, 5.74) is 2.11. The van der Waals surface area contributed by atoms with Gasteiger partial charge in [-0.15, -0.1) is 0 Å². The van der Waals surface area contributed by atoms with Crippen LogP contribution in [0.3, 0.4) is 0 Å². The Morgan fingerprint density at radius 1 is 1.11 bits per heavy atom. The highest BCUT2D eigenvalue weighted by Crippen LogP contribution is 2.36. The van der Waals surface area contributed by atoms with E-state index in [1.807, 2.05) is 18.2 Å². The first-order valence-electron chi connectivity index (χ1n) is 7.88. The Labute approximate surface area is 117 Å². The van der Waals surface area contributed by atoms with Crippen LogP contribution in [0.25, 0.3) is 0 Å².